The number of hydrogen-bond donors (Lipinski definition) is 4. The third-order valence-electron chi connectivity index (χ3n) is 10.2. The van der Waals surface area contributed by atoms with Crippen LogP contribution < -0.4 is 0 Å². The molecule has 7 nitrogen and oxygen atoms in total. The Hall–Kier alpha value is 0.250. The minimum atomic E-state index is -1.66. The molecular weight excluding hydrogens is 642 g/mol. The summed E-state index contributed by atoms with van der Waals surface area (Å²) in [5.41, 5.74) is -2.72. The Morgan fingerprint density at radius 2 is 1.61 bits per heavy atom. The number of hydrogen-bond acceptors (Lipinski definition) is 7. The van der Waals surface area contributed by atoms with Crippen molar-refractivity contribution in [2.45, 2.75) is 143 Å². The molecule has 0 aromatic carbocycles. The molecule has 0 radical (unpaired) electrons. The van der Waals surface area contributed by atoms with Crippen molar-refractivity contribution in [2.75, 3.05) is 13.3 Å². The van der Waals surface area contributed by atoms with E-state index in [2.05, 4.69) is 34.6 Å². The van der Waals surface area contributed by atoms with E-state index in [4.69, 9.17) is 12.5 Å². The van der Waals surface area contributed by atoms with Gasteiger partial charge in [-0.25, -0.2) is 0 Å². The van der Waals surface area contributed by atoms with Crippen molar-refractivity contribution in [2.24, 2.45) is 41.4 Å². The quantitative estimate of drug-likeness (QED) is 0.205. The van der Waals surface area contributed by atoms with Crippen molar-refractivity contribution in [3.8, 4) is 0 Å². The summed E-state index contributed by atoms with van der Waals surface area (Å²) < 4.78 is 32.4. The molecule has 2 fully saturated rings. The molecule has 2 rings (SSSR count). The Morgan fingerprint density at radius 3 is 2.17 bits per heavy atom. The summed E-state index contributed by atoms with van der Waals surface area (Å²) in [5, 5.41) is 46.8. The van der Waals surface area contributed by atoms with Crippen LogP contribution in [0.1, 0.15) is 101 Å². The van der Waals surface area contributed by atoms with E-state index in [9.17, 15) is 24.8 Å². The van der Waals surface area contributed by atoms with Crippen LogP contribution in [0.5, 0.6) is 0 Å². The van der Waals surface area contributed by atoms with Crippen molar-refractivity contribution in [3.05, 3.63) is 0 Å². The minimum absolute atomic E-state index is 0.0153. The monoisotopic (exact) mass is 702 g/mol. The topological polar surface area (TPSA) is 109 Å². The van der Waals surface area contributed by atoms with E-state index >= 15 is 0 Å². The van der Waals surface area contributed by atoms with Gasteiger partial charge in [-0.15, -0.1) is 0 Å². The molecule has 0 amide bonds. The molecule has 2 aliphatic heterocycles. The smallest absolute Gasteiger partial charge is 0.157 e. The van der Waals surface area contributed by atoms with Gasteiger partial charge in [0.15, 0.2) is 6.29 Å². The van der Waals surface area contributed by atoms with Crippen LogP contribution in [0.2, 0.25) is 0 Å². The zero-order chi connectivity index (χ0) is 31.3. The second-order valence-electron chi connectivity index (χ2n) is 13.8. The highest BCUT2D eigenvalue weighted by molar-refractivity contribution is 14.2. The van der Waals surface area contributed by atoms with Crippen LogP contribution in [-0.2, 0) is 12.5 Å². The normalized spacial score (nSPS) is 48.8. The molecule has 14 atom stereocenters. The van der Waals surface area contributed by atoms with Crippen molar-refractivity contribution in [3.63, 3.8) is 0 Å². The summed E-state index contributed by atoms with van der Waals surface area (Å²) in [7, 11) is 0. The van der Waals surface area contributed by atoms with Gasteiger partial charge >= 0.3 is 0 Å². The zero-order valence-corrected chi connectivity index (χ0v) is 29.3. The Kier molecular flexibility index (Phi) is 14.6. The van der Waals surface area contributed by atoms with Gasteiger partial charge in [-0.2, -0.15) is 0 Å². The number of rotatable bonds is 6. The van der Waals surface area contributed by atoms with Crippen LogP contribution in [0.25, 0.3) is 0 Å². The predicted molar refractivity (Wildman–Crippen MR) is 171 cm³/mol. The van der Waals surface area contributed by atoms with Crippen LogP contribution >= 0.6 is 21.1 Å². The molecule has 4 N–H and O–H groups in total. The third-order valence-corrected chi connectivity index (χ3v) is 13.5. The zero-order valence-electron chi connectivity index (χ0n) is 27.1. The van der Waals surface area contributed by atoms with E-state index in [1.807, 2.05) is 27.7 Å². The molecule has 244 valence electrons. The molecule has 2 aliphatic rings. The first-order valence-corrected chi connectivity index (χ1v) is 17.8. The maximum absolute atomic E-state index is 12.8. The Morgan fingerprint density at radius 1 is 0.976 bits per heavy atom. The van der Waals surface area contributed by atoms with E-state index in [1.165, 1.54) is 0 Å². The van der Waals surface area contributed by atoms with E-state index in [0.717, 1.165) is 16.4 Å². The number of alkyl halides is 1. The largest absolute Gasteiger partial charge is 0.390 e. The second kappa shape index (κ2) is 16.0. The maximum atomic E-state index is 12.8. The van der Waals surface area contributed by atoms with Gasteiger partial charge in [0.2, 0.25) is 0 Å². The fraction of sp³-hybridized carbons (Fsp3) is 0.969. The molecule has 0 aromatic heterocycles. The van der Waals surface area contributed by atoms with Gasteiger partial charge in [0.1, 0.15) is 5.60 Å². The number of ether oxygens (including phenoxy) is 2. The summed E-state index contributed by atoms with van der Waals surface area (Å²) in [6.45, 7) is 19.6. The first-order chi connectivity index (χ1) is 19.0. The van der Waals surface area contributed by atoms with Gasteiger partial charge in [-0.05, 0) is 79.6 Å². The van der Waals surface area contributed by atoms with E-state index in [0.29, 0.717) is 31.8 Å². The maximum Gasteiger partial charge on any atom is 0.157 e. The highest BCUT2D eigenvalue weighted by Crippen LogP contribution is 2.45. The summed E-state index contributed by atoms with van der Waals surface area (Å²) in [5.74, 6) is -0.690. The molecule has 0 aromatic rings. The molecule has 2 saturated heterocycles. The first-order valence-electron chi connectivity index (χ1n) is 15.8. The number of aliphatic hydroxyl groups excluding tert-OH is 2. The Balaban J connectivity index is 2.62. The number of aliphatic hydroxyl groups is 4. The van der Waals surface area contributed by atoms with E-state index in [-0.39, 0.29) is 41.8 Å². The van der Waals surface area contributed by atoms with Gasteiger partial charge in [0.25, 0.3) is 0 Å². The van der Waals surface area contributed by atoms with Crippen LogP contribution in [-0.4, -0.2) is 79.1 Å². The lowest BCUT2D eigenvalue weighted by atomic mass is 9.65. The van der Waals surface area contributed by atoms with Crippen LogP contribution in [0, 0.1) is 41.4 Å². The molecule has 0 aliphatic carbocycles. The Bertz CT molecular complexity index is 814. The molecule has 41 heavy (non-hydrogen) atoms. The molecule has 0 spiro atoms. The lowest BCUT2D eigenvalue weighted by Crippen LogP contribution is -2.57. The van der Waals surface area contributed by atoms with Gasteiger partial charge in [0.05, 0.1) is 43.3 Å². The van der Waals surface area contributed by atoms with Gasteiger partial charge in [0, 0.05) is 39.4 Å². The fourth-order valence-corrected chi connectivity index (χ4v) is 9.75. The minimum Gasteiger partial charge on any atom is -0.390 e. The van der Waals surface area contributed by atoms with Crippen LogP contribution in [0.4, 0.5) is 4.39 Å². The van der Waals surface area contributed by atoms with Gasteiger partial charge < -0.3 is 33.0 Å². The summed E-state index contributed by atoms with van der Waals surface area (Å²) in [6.07, 6.45) is -0.199. The van der Waals surface area contributed by atoms with E-state index < -0.39 is 63.4 Å². The summed E-state index contributed by atoms with van der Waals surface area (Å²) in [6, 6.07) is 0. The molecule has 9 heteroatoms. The van der Waals surface area contributed by atoms with Gasteiger partial charge in [-0.3, -0.25) is 4.39 Å². The Labute approximate surface area is 259 Å². The fourth-order valence-electron chi connectivity index (χ4n) is 7.46. The lowest BCUT2D eigenvalue weighted by Gasteiger charge is -2.48. The van der Waals surface area contributed by atoms with Crippen molar-refractivity contribution in [1.29, 1.82) is 0 Å². The lowest BCUT2D eigenvalue weighted by molar-refractivity contribution is -0.248. The van der Waals surface area contributed by atoms with Crippen molar-refractivity contribution in [1.82, 2.24) is 0 Å². The summed E-state index contributed by atoms with van der Waals surface area (Å²) in [4.78, 5) is 0. The molecule has 0 bridgehead atoms. The van der Waals surface area contributed by atoms with Crippen LogP contribution in [0.15, 0.2) is 0 Å². The van der Waals surface area contributed by atoms with E-state index in [1.54, 1.807) is 6.92 Å². The average Bonchev–Trinajstić information content (AvgIpc) is 2.88. The third kappa shape index (κ3) is 9.38. The predicted octanol–water partition coefficient (Wildman–Crippen LogP) is 5.80. The SMILES string of the molecule is CC[C@H]1OC(O)[C@H](C)[C@@H](C2C[C@H](C)C[C@H](C)O2)[C@H](C)[C@@H](C)[C@](C)(O)C[C@@H](C)C(=IOCCCF)[C@H](C)[C@@H](O)[C@]1(C)O. The summed E-state index contributed by atoms with van der Waals surface area (Å²) >= 11 is -1.01. The molecule has 0 saturated carbocycles. The standard InChI is InChI=1S/C32H60FIO7/c1-11-26-32(10,38)29(35)23(7)28(34-39-14-12-13-33)19(3)17-31(9,37)24(8)21(5)27(22(6)30(36)41-26)25-16-18(2)15-20(4)40-25/h18-27,29-30,35-38H,11-17H2,1-10H3/t18-,19-,20+,21-,22-,23+,24-,25?,26-,27+,29-,30?,31-,32-/m1/s1. The highest BCUT2D eigenvalue weighted by Gasteiger charge is 2.49. The van der Waals surface area contributed by atoms with Crippen molar-refractivity contribution >= 4 is 24.7 Å². The van der Waals surface area contributed by atoms with Crippen LogP contribution in [0.3, 0.4) is 0 Å². The van der Waals surface area contributed by atoms with Gasteiger partial charge in [-0.1, -0.05) is 48.5 Å². The average molecular weight is 703 g/mol. The second-order valence-corrected chi connectivity index (χ2v) is 16.1. The molecule has 2 heterocycles. The molecular formula is C32H60FIO7. The highest BCUT2D eigenvalue weighted by atomic mass is 127. The number of halogens is 2. The van der Waals surface area contributed by atoms with Crippen molar-refractivity contribution < 1.29 is 37.4 Å². The first kappa shape index (κ1) is 37.4. The molecule has 2 unspecified atom stereocenters.